The van der Waals surface area contributed by atoms with Gasteiger partial charge in [0.25, 0.3) is 5.84 Å². The number of benzene rings is 2. The van der Waals surface area contributed by atoms with Crippen molar-refractivity contribution in [2.24, 2.45) is 5.92 Å². The van der Waals surface area contributed by atoms with Gasteiger partial charge in [-0.1, -0.05) is 59.8 Å². The average molecular weight is 321 g/mol. The maximum absolute atomic E-state index is 12.7. The van der Waals surface area contributed by atoms with Crippen LogP contribution in [-0.2, 0) is 4.79 Å². The maximum atomic E-state index is 12.7. The fraction of sp³-hybridized carbons (Fsp3) is 0.158. The van der Waals surface area contributed by atoms with Crippen molar-refractivity contribution in [3.8, 4) is 0 Å². The zero-order chi connectivity index (χ0) is 15.8. The van der Waals surface area contributed by atoms with Gasteiger partial charge in [-0.15, -0.1) is 0 Å². The number of nitrogens with one attached hydrogen (secondary N) is 2. The number of rotatable bonds is 2. The summed E-state index contributed by atoms with van der Waals surface area (Å²) in [5.74, 6) is 0.701. The van der Waals surface area contributed by atoms with Gasteiger partial charge < -0.3 is 0 Å². The smallest absolute Gasteiger partial charge is 0.260 e. The zero-order valence-corrected chi connectivity index (χ0v) is 13.6. The van der Waals surface area contributed by atoms with Crippen LogP contribution in [0.4, 0.5) is 0 Å². The molecular weight excluding hydrogens is 304 g/mol. The molecule has 0 saturated heterocycles. The first-order chi connectivity index (χ1) is 11.2. The fourth-order valence-corrected chi connectivity index (χ4v) is 4.18. The molecule has 0 aromatic heterocycles. The van der Waals surface area contributed by atoms with E-state index in [1.165, 1.54) is 5.56 Å². The highest BCUT2D eigenvalue weighted by Gasteiger charge is 2.44. The summed E-state index contributed by atoms with van der Waals surface area (Å²) in [6.45, 7) is 2.06. The third-order valence-corrected chi connectivity index (χ3v) is 5.32. The molecule has 2 atom stereocenters. The van der Waals surface area contributed by atoms with Crippen LogP contribution in [-0.4, -0.2) is 17.1 Å². The second kappa shape index (κ2) is 5.70. The van der Waals surface area contributed by atoms with Gasteiger partial charge in [-0.2, -0.15) is 0 Å². The Morgan fingerprint density at radius 1 is 1.00 bits per heavy atom. The minimum Gasteiger partial charge on any atom is -0.260 e. The van der Waals surface area contributed by atoms with E-state index in [9.17, 15) is 4.79 Å². The second-order valence-electron chi connectivity index (χ2n) is 5.85. The van der Waals surface area contributed by atoms with E-state index < -0.39 is 0 Å². The molecule has 2 aliphatic heterocycles. The fourth-order valence-electron chi connectivity index (χ4n) is 2.99. The topological polar surface area (TPSA) is 43.1 Å². The maximum Gasteiger partial charge on any atom is 0.320 e. The third kappa shape index (κ3) is 2.59. The summed E-state index contributed by atoms with van der Waals surface area (Å²) in [4.78, 5) is 16.2. The van der Waals surface area contributed by atoms with Gasteiger partial charge in [-0.05, 0) is 35.6 Å². The molecule has 23 heavy (non-hydrogen) atoms. The molecule has 0 radical (unpaired) electrons. The van der Waals surface area contributed by atoms with Crippen LogP contribution in [0.25, 0.3) is 5.57 Å². The van der Waals surface area contributed by atoms with E-state index in [4.69, 9.17) is 0 Å². The Hall–Kier alpha value is -2.33. The molecule has 2 aromatic rings. The van der Waals surface area contributed by atoms with Crippen LogP contribution >= 0.6 is 11.8 Å². The van der Waals surface area contributed by atoms with Gasteiger partial charge in [0.15, 0.2) is 5.37 Å². The van der Waals surface area contributed by atoms with Gasteiger partial charge >= 0.3 is 5.91 Å². The molecule has 0 bridgehead atoms. The van der Waals surface area contributed by atoms with E-state index >= 15 is 0 Å². The molecule has 0 unspecified atom stereocenters. The van der Waals surface area contributed by atoms with Crippen molar-refractivity contribution in [2.45, 2.75) is 12.3 Å². The highest BCUT2D eigenvalue weighted by molar-refractivity contribution is 8.03. The number of aryl methyl sites for hydroxylation is 1. The molecular formula is C19H17N2OS+. The lowest BCUT2D eigenvalue weighted by atomic mass is 9.92. The van der Waals surface area contributed by atoms with E-state index in [0.29, 0.717) is 0 Å². The number of hydrogen-bond donors (Lipinski definition) is 2. The van der Waals surface area contributed by atoms with Crippen LogP contribution in [0.15, 0.2) is 60.0 Å². The number of carbonyl (C=O) groups excluding carboxylic acids is 1. The van der Waals surface area contributed by atoms with E-state index in [1.54, 1.807) is 11.8 Å². The summed E-state index contributed by atoms with van der Waals surface area (Å²) in [5.41, 5.74) is 4.42. The lowest BCUT2D eigenvalue weighted by Crippen LogP contribution is -2.86. The summed E-state index contributed by atoms with van der Waals surface area (Å²) < 4.78 is 0. The Kier molecular flexibility index (Phi) is 3.54. The molecule has 2 aliphatic rings. The van der Waals surface area contributed by atoms with Gasteiger partial charge in [0.05, 0.1) is 5.56 Å². The summed E-state index contributed by atoms with van der Waals surface area (Å²) >= 11 is 1.68. The van der Waals surface area contributed by atoms with Crippen LogP contribution in [0.5, 0.6) is 0 Å². The summed E-state index contributed by atoms with van der Waals surface area (Å²) in [5, 5.41) is 5.19. The van der Waals surface area contributed by atoms with Crippen molar-refractivity contribution in [1.82, 2.24) is 5.32 Å². The molecule has 114 valence electrons. The standard InChI is InChI=1S/C19H16N2OS/c1-12-7-9-14(10-8-12)17-20-18(22)16-15(11-23-19(16)21-17)13-5-3-2-4-6-13/h2-11,16,19H,1H3,(H,20,21,22)/p+1/t16-,19-/m0/s1. The molecule has 4 rings (SSSR count). The first kappa shape index (κ1) is 14.3. The Labute approximate surface area is 139 Å². The highest BCUT2D eigenvalue weighted by Crippen LogP contribution is 2.39. The van der Waals surface area contributed by atoms with E-state index in [-0.39, 0.29) is 17.2 Å². The van der Waals surface area contributed by atoms with Gasteiger partial charge in [0.2, 0.25) is 0 Å². The van der Waals surface area contributed by atoms with Crippen LogP contribution in [0, 0.1) is 12.8 Å². The summed E-state index contributed by atoms with van der Waals surface area (Å²) in [7, 11) is 0. The van der Waals surface area contributed by atoms with Gasteiger partial charge in [-0.3, -0.25) is 4.99 Å². The largest absolute Gasteiger partial charge is 0.320 e. The van der Waals surface area contributed by atoms with Crippen LogP contribution in [0.1, 0.15) is 16.7 Å². The van der Waals surface area contributed by atoms with Gasteiger partial charge in [0.1, 0.15) is 5.92 Å². The minimum atomic E-state index is -0.156. The minimum absolute atomic E-state index is 0.0512. The number of carbonyl (C=O) groups is 1. The SMILES string of the molecule is Cc1ccc(C2=[NH+][C@H]3SC=C(c4ccccc4)[C@H]3C(=O)N2)cc1. The van der Waals surface area contributed by atoms with Gasteiger partial charge in [-0.25, -0.2) is 10.1 Å². The van der Waals surface area contributed by atoms with Gasteiger partial charge in [0, 0.05) is 0 Å². The van der Waals surface area contributed by atoms with E-state index in [0.717, 1.165) is 22.5 Å². The molecule has 3 nitrogen and oxygen atoms in total. The summed E-state index contributed by atoms with van der Waals surface area (Å²) in [6, 6.07) is 18.3. The lowest BCUT2D eigenvalue weighted by Gasteiger charge is -2.20. The Bertz CT molecular complexity index is 809. The first-order valence-corrected chi connectivity index (χ1v) is 8.59. The van der Waals surface area contributed by atoms with Crippen LogP contribution in [0.3, 0.4) is 0 Å². The Morgan fingerprint density at radius 2 is 1.74 bits per heavy atom. The number of hydrogen-bond acceptors (Lipinski definition) is 2. The highest BCUT2D eigenvalue weighted by atomic mass is 32.2. The molecule has 0 fully saturated rings. The molecule has 2 aromatic carbocycles. The number of amidine groups is 1. The van der Waals surface area contributed by atoms with Crippen molar-refractivity contribution in [3.63, 3.8) is 0 Å². The van der Waals surface area contributed by atoms with E-state index in [1.807, 2.05) is 30.3 Å². The molecule has 0 spiro atoms. The van der Waals surface area contributed by atoms with Crippen molar-refractivity contribution in [3.05, 3.63) is 76.7 Å². The molecule has 0 aliphatic carbocycles. The number of amides is 1. The Balaban J connectivity index is 1.65. The van der Waals surface area contributed by atoms with Crippen molar-refractivity contribution < 1.29 is 9.79 Å². The summed E-state index contributed by atoms with van der Waals surface area (Å²) in [6.07, 6.45) is 0. The predicted octanol–water partition coefficient (Wildman–Crippen LogP) is 1.68. The quantitative estimate of drug-likeness (QED) is 0.884. The average Bonchev–Trinajstić information content (AvgIpc) is 3.01. The van der Waals surface area contributed by atoms with Crippen LogP contribution in [0.2, 0.25) is 0 Å². The normalized spacial score (nSPS) is 22.9. The van der Waals surface area contributed by atoms with Crippen molar-refractivity contribution >= 4 is 29.1 Å². The molecule has 2 heterocycles. The van der Waals surface area contributed by atoms with Crippen LogP contribution < -0.4 is 10.3 Å². The van der Waals surface area contributed by atoms with E-state index in [2.05, 4.69) is 46.9 Å². The van der Waals surface area contributed by atoms with Crippen molar-refractivity contribution in [1.29, 1.82) is 0 Å². The molecule has 4 heteroatoms. The second-order valence-corrected chi connectivity index (χ2v) is 6.86. The lowest BCUT2D eigenvalue weighted by molar-refractivity contribution is -0.481. The first-order valence-electron chi connectivity index (χ1n) is 7.65. The number of thioether (sulfide) groups is 1. The predicted molar refractivity (Wildman–Crippen MR) is 93.7 cm³/mol. The number of fused-ring (bicyclic) bond motifs is 1. The monoisotopic (exact) mass is 321 g/mol. The molecule has 1 amide bonds. The molecule has 0 saturated carbocycles. The van der Waals surface area contributed by atoms with Crippen molar-refractivity contribution in [2.75, 3.05) is 0 Å². The Morgan fingerprint density at radius 3 is 2.48 bits per heavy atom. The zero-order valence-electron chi connectivity index (χ0n) is 12.7. The molecule has 2 N–H and O–H groups in total. The third-order valence-electron chi connectivity index (χ3n) is 4.24.